The second kappa shape index (κ2) is 12.5. The highest BCUT2D eigenvalue weighted by atomic mass is 32.2. The molecule has 0 aliphatic carbocycles. The van der Waals surface area contributed by atoms with Gasteiger partial charge in [-0.3, -0.25) is 13.9 Å². The maximum absolute atomic E-state index is 14.0. The Morgan fingerprint density at radius 2 is 1.49 bits per heavy atom. The van der Waals surface area contributed by atoms with E-state index < -0.39 is 28.5 Å². The van der Waals surface area contributed by atoms with Gasteiger partial charge in [0.25, 0.3) is 10.0 Å². The molecule has 0 spiro atoms. The fraction of sp³-hybridized carbons (Fsp3) is 0.355. The molecule has 7 nitrogen and oxygen atoms in total. The maximum atomic E-state index is 14.0. The van der Waals surface area contributed by atoms with Gasteiger partial charge in [-0.15, -0.1) is 0 Å². The lowest BCUT2D eigenvalue weighted by Gasteiger charge is -2.33. The number of carbonyl (C=O) groups excluding carboxylic acids is 2. The van der Waals surface area contributed by atoms with Crippen molar-refractivity contribution in [2.45, 2.75) is 72.0 Å². The first-order valence-corrected chi connectivity index (χ1v) is 14.6. The van der Waals surface area contributed by atoms with Crippen LogP contribution in [0.25, 0.3) is 0 Å². The third-order valence-corrected chi connectivity index (χ3v) is 8.54. The van der Waals surface area contributed by atoms with E-state index in [1.807, 2.05) is 71.9 Å². The van der Waals surface area contributed by atoms with Crippen LogP contribution in [-0.4, -0.2) is 43.8 Å². The zero-order valence-corrected chi connectivity index (χ0v) is 24.7. The van der Waals surface area contributed by atoms with Crippen LogP contribution in [0.5, 0.6) is 0 Å². The first-order valence-electron chi connectivity index (χ1n) is 13.1. The number of anilines is 1. The van der Waals surface area contributed by atoms with E-state index in [9.17, 15) is 18.0 Å². The average Bonchev–Trinajstić information content (AvgIpc) is 2.87. The average molecular weight is 550 g/mol. The predicted octanol–water partition coefficient (Wildman–Crippen LogP) is 5.06. The summed E-state index contributed by atoms with van der Waals surface area (Å²) in [5.41, 5.74) is 4.91. The van der Waals surface area contributed by atoms with Gasteiger partial charge in [0.05, 0.1) is 10.6 Å². The van der Waals surface area contributed by atoms with Gasteiger partial charge < -0.3 is 10.2 Å². The molecule has 39 heavy (non-hydrogen) atoms. The fourth-order valence-electron chi connectivity index (χ4n) is 4.35. The lowest BCUT2D eigenvalue weighted by Crippen LogP contribution is -2.52. The minimum absolute atomic E-state index is 0.0950. The molecule has 1 atom stereocenters. The van der Waals surface area contributed by atoms with E-state index in [1.165, 1.54) is 9.21 Å². The lowest BCUT2D eigenvalue weighted by atomic mass is 10.1. The van der Waals surface area contributed by atoms with Gasteiger partial charge >= 0.3 is 0 Å². The van der Waals surface area contributed by atoms with Gasteiger partial charge in [0.1, 0.15) is 12.6 Å². The van der Waals surface area contributed by atoms with Gasteiger partial charge in [-0.05, 0) is 83.4 Å². The highest BCUT2D eigenvalue weighted by Crippen LogP contribution is 2.29. The van der Waals surface area contributed by atoms with Crippen LogP contribution in [0.3, 0.4) is 0 Å². The van der Waals surface area contributed by atoms with Crippen molar-refractivity contribution in [3.63, 3.8) is 0 Å². The molecule has 208 valence electrons. The van der Waals surface area contributed by atoms with E-state index in [0.717, 1.165) is 27.8 Å². The molecule has 8 heteroatoms. The minimum atomic E-state index is -4.10. The molecule has 0 aliphatic rings. The Hall–Kier alpha value is -3.65. The first kappa shape index (κ1) is 29.9. The van der Waals surface area contributed by atoms with Crippen molar-refractivity contribution >= 4 is 27.5 Å². The Morgan fingerprint density at radius 3 is 2.10 bits per heavy atom. The predicted molar refractivity (Wildman–Crippen MR) is 156 cm³/mol. The van der Waals surface area contributed by atoms with Crippen LogP contribution < -0.4 is 9.62 Å². The van der Waals surface area contributed by atoms with E-state index in [1.54, 1.807) is 43.3 Å². The van der Waals surface area contributed by atoms with Crippen molar-refractivity contribution in [1.82, 2.24) is 10.2 Å². The van der Waals surface area contributed by atoms with Crippen LogP contribution >= 0.6 is 0 Å². The van der Waals surface area contributed by atoms with Crippen molar-refractivity contribution in [3.8, 4) is 0 Å². The normalized spacial score (nSPS) is 12.2. The number of hydrogen-bond donors (Lipinski definition) is 1. The summed E-state index contributed by atoms with van der Waals surface area (Å²) in [5, 5.41) is 2.87. The number of aryl methyl sites for hydroxylation is 3. The van der Waals surface area contributed by atoms with Crippen LogP contribution in [0, 0.1) is 27.7 Å². The second-order valence-corrected chi connectivity index (χ2v) is 12.3. The molecule has 2 amide bonds. The van der Waals surface area contributed by atoms with E-state index >= 15 is 0 Å². The standard InChI is InChI=1S/C31H39N3O4S/c1-21(2)32-31(36)26(7)33(19-27-12-8-10-23(4)18-27)30(35)20-34(29-13-9-11-24(5)25(29)6)39(37,38)28-16-14-22(3)15-17-28/h8-18,21,26H,19-20H2,1-7H3,(H,32,36). The molecule has 0 heterocycles. The lowest BCUT2D eigenvalue weighted by molar-refractivity contribution is -0.139. The number of sulfonamides is 1. The molecule has 0 bridgehead atoms. The molecular formula is C31H39N3O4S. The van der Waals surface area contributed by atoms with E-state index in [2.05, 4.69) is 5.32 Å². The molecule has 1 unspecified atom stereocenters. The zero-order chi connectivity index (χ0) is 28.9. The largest absolute Gasteiger partial charge is 0.352 e. The molecule has 3 rings (SSSR count). The van der Waals surface area contributed by atoms with Crippen molar-refractivity contribution in [1.29, 1.82) is 0 Å². The van der Waals surface area contributed by atoms with Crippen molar-refractivity contribution < 1.29 is 18.0 Å². The highest BCUT2D eigenvalue weighted by molar-refractivity contribution is 7.92. The number of nitrogens with zero attached hydrogens (tertiary/aromatic N) is 2. The molecule has 0 aliphatic heterocycles. The fourth-order valence-corrected chi connectivity index (χ4v) is 5.82. The number of rotatable bonds is 10. The Bertz CT molecular complexity index is 1430. The third-order valence-electron chi connectivity index (χ3n) is 6.77. The third kappa shape index (κ3) is 7.26. The Balaban J connectivity index is 2.08. The summed E-state index contributed by atoms with van der Waals surface area (Å²) >= 11 is 0. The maximum Gasteiger partial charge on any atom is 0.264 e. The molecule has 0 aromatic heterocycles. The number of carbonyl (C=O) groups is 2. The molecule has 0 saturated heterocycles. The van der Waals surface area contributed by atoms with Crippen molar-refractivity contribution in [2.75, 3.05) is 10.8 Å². The Kier molecular flexibility index (Phi) is 9.56. The molecule has 3 aromatic carbocycles. The van der Waals surface area contributed by atoms with Crippen LogP contribution in [-0.2, 0) is 26.2 Å². The van der Waals surface area contributed by atoms with Crippen LogP contribution in [0.2, 0.25) is 0 Å². The second-order valence-electron chi connectivity index (χ2n) is 10.4. The van der Waals surface area contributed by atoms with Gasteiger partial charge in [-0.25, -0.2) is 8.42 Å². The van der Waals surface area contributed by atoms with E-state index in [0.29, 0.717) is 5.69 Å². The van der Waals surface area contributed by atoms with Crippen LogP contribution in [0.4, 0.5) is 5.69 Å². The molecule has 3 aromatic rings. The van der Waals surface area contributed by atoms with E-state index in [4.69, 9.17) is 0 Å². The molecule has 1 N–H and O–H groups in total. The minimum Gasteiger partial charge on any atom is -0.352 e. The van der Waals surface area contributed by atoms with Crippen molar-refractivity contribution in [2.24, 2.45) is 0 Å². The number of hydrogen-bond acceptors (Lipinski definition) is 4. The first-order chi connectivity index (χ1) is 18.3. The Morgan fingerprint density at radius 1 is 0.846 bits per heavy atom. The quantitative estimate of drug-likeness (QED) is 0.383. The van der Waals surface area contributed by atoms with E-state index in [-0.39, 0.29) is 23.4 Å². The number of benzene rings is 3. The summed E-state index contributed by atoms with van der Waals surface area (Å²) in [6, 6.07) is 18.8. The molecular weight excluding hydrogens is 510 g/mol. The summed E-state index contributed by atoms with van der Waals surface area (Å²) < 4.78 is 29.2. The summed E-state index contributed by atoms with van der Waals surface area (Å²) in [5.74, 6) is -0.773. The van der Waals surface area contributed by atoms with Crippen LogP contribution in [0.15, 0.2) is 71.6 Å². The summed E-state index contributed by atoms with van der Waals surface area (Å²) in [4.78, 5) is 28.6. The number of amides is 2. The van der Waals surface area contributed by atoms with Crippen molar-refractivity contribution in [3.05, 3.63) is 94.5 Å². The summed E-state index contributed by atoms with van der Waals surface area (Å²) in [7, 11) is -4.10. The van der Waals surface area contributed by atoms with Gasteiger partial charge in [-0.1, -0.05) is 59.7 Å². The highest BCUT2D eigenvalue weighted by Gasteiger charge is 2.33. The topological polar surface area (TPSA) is 86.8 Å². The summed E-state index contributed by atoms with van der Waals surface area (Å²) in [6.07, 6.45) is 0. The molecule has 0 fully saturated rings. The van der Waals surface area contributed by atoms with Gasteiger partial charge in [0.15, 0.2) is 0 Å². The molecule has 0 radical (unpaired) electrons. The molecule has 0 saturated carbocycles. The smallest absolute Gasteiger partial charge is 0.264 e. The van der Waals surface area contributed by atoms with Crippen LogP contribution in [0.1, 0.15) is 48.6 Å². The van der Waals surface area contributed by atoms with Gasteiger partial charge in [0, 0.05) is 12.6 Å². The monoisotopic (exact) mass is 549 g/mol. The Labute approximate surface area is 232 Å². The van der Waals surface area contributed by atoms with Gasteiger partial charge in [0.2, 0.25) is 11.8 Å². The summed E-state index contributed by atoms with van der Waals surface area (Å²) in [6.45, 7) is 12.7. The number of nitrogens with one attached hydrogen (secondary N) is 1. The SMILES string of the molecule is Cc1ccc(S(=O)(=O)N(CC(=O)N(Cc2cccc(C)c2)C(C)C(=O)NC(C)C)c2cccc(C)c2C)cc1. The zero-order valence-electron chi connectivity index (χ0n) is 23.9. The van der Waals surface area contributed by atoms with Gasteiger partial charge in [-0.2, -0.15) is 0 Å².